The molecule has 0 amide bonds. The largest absolute Gasteiger partial charge is 0.462 e. The van der Waals surface area contributed by atoms with Crippen LogP contribution in [0.1, 0.15) is 271 Å². The second-order valence-electron chi connectivity index (χ2n) is 19.4. The number of esters is 3. The molecule has 0 aromatic heterocycles. The second kappa shape index (κ2) is 57.9. The van der Waals surface area contributed by atoms with Crippen molar-refractivity contribution < 1.29 is 28.6 Å². The Bertz CT molecular complexity index is 1400. The lowest BCUT2D eigenvalue weighted by Crippen LogP contribution is -2.30. The van der Waals surface area contributed by atoms with E-state index in [0.29, 0.717) is 19.3 Å². The highest BCUT2D eigenvalue weighted by Crippen LogP contribution is 2.16. The van der Waals surface area contributed by atoms with E-state index in [9.17, 15) is 14.4 Å². The number of carbonyl (C=O) groups excluding carboxylic acids is 3. The third-order valence-electron chi connectivity index (χ3n) is 12.5. The monoisotopic (exact) mass is 973 g/mol. The van der Waals surface area contributed by atoms with Gasteiger partial charge in [-0.25, -0.2) is 0 Å². The van der Waals surface area contributed by atoms with Crippen LogP contribution in [0.25, 0.3) is 0 Å². The van der Waals surface area contributed by atoms with Crippen LogP contribution in [-0.2, 0) is 28.6 Å². The average molecular weight is 974 g/mol. The van der Waals surface area contributed by atoms with Gasteiger partial charge in [-0.3, -0.25) is 14.4 Å². The van der Waals surface area contributed by atoms with E-state index in [0.717, 1.165) is 83.5 Å². The van der Waals surface area contributed by atoms with Crippen molar-refractivity contribution in [1.82, 2.24) is 0 Å². The van der Waals surface area contributed by atoms with Crippen molar-refractivity contribution in [2.75, 3.05) is 13.2 Å². The molecule has 1 atom stereocenters. The van der Waals surface area contributed by atoms with Gasteiger partial charge in [0.25, 0.3) is 0 Å². The van der Waals surface area contributed by atoms with E-state index in [1.807, 2.05) is 72.9 Å². The van der Waals surface area contributed by atoms with Crippen molar-refractivity contribution in [2.45, 2.75) is 277 Å². The zero-order valence-corrected chi connectivity index (χ0v) is 45.8. The fourth-order valence-electron chi connectivity index (χ4n) is 8.13. The molecule has 0 radical (unpaired) electrons. The van der Waals surface area contributed by atoms with Gasteiger partial charge < -0.3 is 14.2 Å². The highest BCUT2D eigenvalue weighted by Gasteiger charge is 2.19. The number of rotatable bonds is 52. The fourth-order valence-corrected chi connectivity index (χ4v) is 8.13. The molecule has 0 saturated carbocycles. The molecule has 0 saturated heterocycles. The van der Waals surface area contributed by atoms with Gasteiger partial charge in [0.1, 0.15) is 13.2 Å². The zero-order valence-electron chi connectivity index (χ0n) is 45.8. The smallest absolute Gasteiger partial charge is 0.306 e. The van der Waals surface area contributed by atoms with Gasteiger partial charge in [-0.15, -0.1) is 0 Å². The molecule has 0 heterocycles. The molecule has 0 rings (SSSR count). The van der Waals surface area contributed by atoms with E-state index in [2.05, 4.69) is 45.1 Å². The molecule has 0 bridgehead atoms. The molecule has 0 aliphatic rings. The van der Waals surface area contributed by atoms with Crippen molar-refractivity contribution in [2.24, 2.45) is 0 Å². The van der Waals surface area contributed by atoms with E-state index >= 15 is 0 Å². The molecule has 0 aliphatic heterocycles. The van der Waals surface area contributed by atoms with Gasteiger partial charge in [-0.05, 0) is 64.2 Å². The quantitative estimate of drug-likeness (QED) is 0.0199. The molecule has 0 fully saturated rings. The highest BCUT2D eigenvalue weighted by atomic mass is 16.6. The molecule has 0 aliphatic carbocycles. The zero-order chi connectivity index (χ0) is 50.7. The SMILES string of the molecule is CC\C=C/C=C\C=C/C=C\C=C\C=C/C=C\CCCCCC(=O)OCC(COC(=O)CCCCCCCCCCCCCCCCC)OC(=O)CCCCCCC/C=C\CCCCCCCCCCC. The first kappa shape index (κ1) is 66.3. The van der Waals surface area contributed by atoms with Gasteiger partial charge in [0.2, 0.25) is 0 Å². The Morgan fingerprint density at radius 2 is 0.571 bits per heavy atom. The Morgan fingerprint density at radius 1 is 0.300 bits per heavy atom. The molecule has 1 unspecified atom stereocenters. The predicted molar refractivity (Wildman–Crippen MR) is 302 cm³/mol. The summed E-state index contributed by atoms with van der Waals surface area (Å²) in [6.07, 6.45) is 76.8. The van der Waals surface area contributed by atoms with E-state index in [1.54, 1.807) is 0 Å². The van der Waals surface area contributed by atoms with Crippen molar-refractivity contribution in [3.05, 3.63) is 97.2 Å². The van der Waals surface area contributed by atoms with Gasteiger partial charge in [-0.1, -0.05) is 285 Å². The first-order valence-electron chi connectivity index (χ1n) is 29.3. The van der Waals surface area contributed by atoms with Gasteiger partial charge in [0.15, 0.2) is 6.10 Å². The van der Waals surface area contributed by atoms with Crippen molar-refractivity contribution >= 4 is 17.9 Å². The molecule has 0 spiro atoms. The van der Waals surface area contributed by atoms with Gasteiger partial charge >= 0.3 is 17.9 Å². The summed E-state index contributed by atoms with van der Waals surface area (Å²) in [5, 5.41) is 0. The summed E-state index contributed by atoms with van der Waals surface area (Å²) in [6, 6.07) is 0. The highest BCUT2D eigenvalue weighted by molar-refractivity contribution is 5.71. The summed E-state index contributed by atoms with van der Waals surface area (Å²) in [7, 11) is 0. The van der Waals surface area contributed by atoms with Gasteiger partial charge in [0.05, 0.1) is 0 Å². The Kier molecular flexibility index (Phi) is 54.9. The van der Waals surface area contributed by atoms with Crippen LogP contribution in [0.15, 0.2) is 97.2 Å². The summed E-state index contributed by atoms with van der Waals surface area (Å²) in [6.45, 7) is 6.47. The molecule has 6 nitrogen and oxygen atoms in total. The summed E-state index contributed by atoms with van der Waals surface area (Å²) in [4.78, 5) is 38.2. The lowest BCUT2D eigenvalue weighted by atomic mass is 10.0. The molecule has 400 valence electrons. The van der Waals surface area contributed by atoms with Gasteiger partial charge in [0, 0.05) is 19.3 Å². The summed E-state index contributed by atoms with van der Waals surface area (Å²) >= 11 is 0. The molecular formula is C64H108O6. The number of unbranched alkanes of at least 4 members (excludes halogenated alkanes) is 31. The van der Waals surface area contributed by atoms with Crippen molar-refractivity contribution in [1.29, 1.82) is 0 Å². The predicted octanol–water partition coefficient (Wildman–Crippen LogP) is 19.7. The van der Waals surface area contributed by atoms with Gasteiger partial charge in [-0.2, -0.15) is 0 Å². The summed E-state index contributed by atoms with van der Waals surface area (Å²) in [5.41, 5.74) is 0. The molecule has 70 heavy (non-hydrogen) atoms. The third kappa shape index (κ3) is 55.3. The van der Waals surface area contributed by atoms with Crippen molar-refractivity contribution in [3.63, 3.8) is 0 Å². The molecule has 0 N–H and O–H groups in total. The first-order chi connectivity index (χ1) is 34.5. The maximum Gasteiger partial charge on any atom is 0.306 e. The molecule has 6 heteroatoms. The fraction of sp³-hybridized carbons (Fsp3) is 0.703. The van der Waals surface area contributed by atoms with Crippen LogP contribution in [0.4, 0.5) is 0 Å². The number of hydrogen-bond donors (Lipinski definition) is 0. The normalized spacial score (nSPS) is 12.8. The minimum atomic E-state index is -0.801. The number of hydrogen-bond acceptors (Lipinski definition) is 6. The Balaban J connectivity index is 4.49. The minimum absolute atomic E-state index is 0.0942. The van der Waals surface area contributed by atoms with Crippen molar-refractivity contribution in [3.8, 4) is 0 Å². The van der Waals surface area contributed by atoms with Crippen LogP contribution < -0.4 is 0 Å². The molecule has 0 aromatic carbocycles. The first-order valence-corrected chi connectivity index (χ1v) is 29.3. The maximum atomic E-state index is 12.9. The lowest BCUT2D eigenvalue weighted by Gasteiger charge is -2.18. The Morgan fingerprint density at radius 3 is 0.929 bits per heavy atom. The van der Waals surface area contributed by atoms with Crippen LogP contribution in [0, 0.1) is 0 Å². The van der Waals surface area contributed by atoms with Crippen LogP contribution >= 0.6 is 0 Å². The van der Waals surface area contributed by atoms with Crippen LogP contribution in [-0.4, -0.2) is 37.2 Å². The Labute approximate surface area is 432 Å². The minimum Gasteiger partial charge on any atom is -0.462 e. The van der Waals surface area contributed by atoms with Crippen LogP contribution in [0.3, 0.4) is 0 Å². The van der Waals surface area contributed by atoms with E-state index in [-0.39, 0.29) is 31.1 Å². The molecular weight excluding hydrogens is 865 g/mol. The standard InChI is InChI=1S/C64H108O6/c1-4-7-10-13-16-19-22-25-28-30-32-34-36-39-42-45-48-51-54-57-63(66)69-60-61(59-68-62(65)56-53-50-47-44-41-38-35-27-24-21-18-15-12-9-6-3)70-64(67)58-55-52-49-46-43-40-37-33-31-29-26-23-20-17-14-11-8-5-2/h7,10,13,16,19,22,25,28,30,32-34,36-37,39,42,61H,4-6,8-9,11-12,14-15,17-18,20-21,23-24,26-27,29,31,35,38,40-41,43-60H2,1-3H3/b10-7-,16-13-,22-19-,28-25-,32-30+,36-34-,37-33-,42-39-. The average Bonchev–Trinajstić information content (AvgIpc) is 3.36. The molecule has 0 aromatic rings. The Hall–Kier alpha value is -3.67. The number of carbonyl (C=O) groups is 3. The summed E-state index contributed by atoms with van der Waals surface area (Å²) < 4.78 is 16.8. The summed E-state index contributed by atoms with van der Waals surface area (Å²) in [5.74, 6) is -0.942. The van der Waals surface area contributed by atoms with E-state index in [4.69, 9.17) is 14.2 Å². The third-order valence-corrected chi connectivity index (χ3v) is 12.5. The lowest BCUT2D eigenvalue weighted by molar-refractivity contribution is -0.167. The van der Waals surface area contributed by atoms with Crippen LogP contribution in [0.5, 0.6) is 0 Å². The maximum absolute atomic E-state index is 12.9. The topological polar surface area (TPSA) is 78.9 Å². The number of allylic oxidation sites excluding steroid dienone is 16. The van der Waals surface area contributed by atoms with E-state index in [1.165, 1.54) is 148 Å². The second-order valence-corrected chi connectivity index (χ2v) is 19.4. The number of ether oxygens (including phenoxy) is 3. The van der Waals surface area contributed by atoms with E-state index < -0.39 is 6.10 Å². The van der Waals surface area contributed by atoms with Crippen LogP contribution in [0.2, 0.25) is 0 Å².